The average Bonchev–Trinajstić information content (AvgIpc) is 2.69. The van der Waals surface area contributed by atoms with E-state index in [1.807, 2.05) is 42.5 Å². The smallest absolute Gasteiger partial charge is 0.275 e. The van der Waals surface area contributed by atoms with E-state index in [9.17, 15) is 4.79 Å². The van der Waals surface area contributed by atoms with Crippen molar-refractivity contribution in [1.82, 2.24) is 5.32 Å². The summed E-state index contributed by atoms with van der Waals surface area (Å²) in [4.78, 5) is 14.1. The molecule has 0 saturated carbocycles. The fourth-order valence-electron chi connectivity index (χ4n) is 3.59. The van der Waals surface area contributed by atoms with Gasteiger partial charge in [-0.05, 0) is 42.0 Å². The molecule has 1 aliphatic rings. The van der Waals surface area contributed by atoms with E-state index in [-0.39, 0.29) is 11.9 Å². The number of hydrogen-bond donors (Lipinski definition) is 2. The van der Waals surface area contributed by atoms with Gasteiger partial charge in [0.1, 0.15) is 5.75 Å². The molecule has 0 radical (unpaired) electrons. The number of likely N-dealkylation sites (tertiary alicyclic amines) is 1. The number of methoxy groups -OCH3 is 1. The molecule has 2 aromatic rings. The molecule has 0 aliphatic carbocycles. The molecule has 1 amide bonds. The standard InChI is InChI=1S/C22H28N2O2/c1-17-12-14-24(15-13-17)16-21(25)23-22(18-6-4-3-5-7-18)19-8-10-20(26-2)11-9-19/h3-11,17,22H,12-16H2,1-2H3,(H,23,25)/p+1/t22-/m1/s1. The van der Waals surface area contributed by atoms with Crippen molar-refractivity contribution in [3.05, 3.63) is 65.7 Å². The van der Waals surface area contributed by atoms with Crippen molar-refractivity contribution >= 4 is 5.91 Å². The van der Waals surface area contributed by atoms with Crippen molar-refractivity contribution in [2.45, 2.75) is 25.8 Å². The van der Waals surface area contributed by atoms with Gasteiger partial charge >= 0.3 is 0 Å². The molecular weight excluding hydrogens is 324 g/mol. The number of carbonyl (C=O) groups is 1. The van der Waals surface area contributed by atoms with Gasteiger partial charge in [0.2, 0.25) is 0 Å². The van der Waals surface area contributed by atoms with Crippen molar-refractivity contribution in [1.29, 1.82) is 0 Å². The Kier molecular flexibility index (Phi) is 6.29. The van der Waals surface area contributed by atoms with Gasteiger partial charge in [-0.1, -0.05) is 49.4 Å². The Hall–Kier alpha value is -2.33. The molecule has 1 aliphatic heterocycles. The minimum atomic E-state index is -0.141. The fourth-order valence-corrected chi connectivity index (χ4v) is 3.59. The first-order valence-electron chi connectivity index (χ1n) is 9.47. The minimum absolute atomic E-state index is 0.110. The molecule has 138 valence electrons. The van der Waals surface area contributed by atoms with Gasteiger partial charge in [0.05, 0.1) is 26.2 Å². The second-order valence-corrected chi connectivity index (χ2v) is 7.29. The Morgan fingerprint density at radius 2 is 1.69 bits per heavy atom. The molecule has 4 heteroatoms. The summed E-state index contributed by atoms with van der Waals surface area (Å²) in [5.74, 6) is 1.72. The van der Waals surface area contributed by atoms with E-state index in [1.165, 1.54) is 17.7 Å². The second kappa shape index (κ2) is 8.86. The lowest BCUT2D eigenvalue weighted by Crippen LogP contribution is -3.14. The molecule has 4 nitrogen and oxygen atoms in total. The third-order valence-electron chi connectivity index (χ3n) is 5.28. The van der Waals surface area contributed by atoms with Crippen LogP contribution in [0.1, 0.15) is 36.9 Å². The van der Waals surface area contributed by atoms with Gasteiger partial charge in [-0.3, -0.25) is 4.79 Å². The van der Waals surface area contributed by atoms with Crippen LogP contribution in [-0.2, 0) is 4.79 Å². The first-order valence-corrected chi connectivity index (χ1v) is 9.47. The van der Waals surface area contributed by atoms with Gasteiger partial charge in [0, 0.05) is 0 Å². The summed E-state index contributed by atoms with van der Waals surface area (Å²) in [5.41, 5.74) is 2.15. The maximum Gasteiger partial charge on any atom is 0.275 e. The third-order valence-corrected chi connectivity index (χ3v) is 5.28. The Morgan fingerprint density at radius 3 is 2.31 bits per heavy atom. The summed E-state index contributed by atoms with van der Waals surface area (Å²) in [6, 6.07) is 17.9. The molecule has 1 heterocycles. The summed E-state index contributed by atoms with van der Waals surface area (Å²) in [6.07, 6.45) is 2.42. The lowest BCUT2D eigenvalue weighted by molar-refractivity contribution is -0.898. The highest BCUT2D eigenvalue weighted by molar-refractivity contribution is 5.78. The van der Waals surface area contributed by atoms with Gasteiger partial charge in [-0.15, -0.1) is 0 Å². The molecule has 2 N–H and O–H groups in total. The van der Waals surface area contributed by atoms with Crippen LogP contribution in [0, 0.1) is 5.92 Å². The molecule has 1 fully saturated rings. The van der Waals surface area contributed by atoms with E-state index in [1.54, 1.807) is 7.11 Å². The van der Waals surface area contributed by atoms with Gasteiger partial charge in [-0.2, -0.15) is 0 Å². The number of amides is 1. The van der Waals surface area contributed by atoms with Gasteiger partial charge < -0.3 is 15.0 Å². The first-order chi connectivity index (χ1) is 12.7. The molecular formula is C22H29N2O2+. The van der Waals surface area contributed by atoms with E-state index in [0.29, 0.717) is 6.54 Å². The van der Waals surface area contributed by atoms with Crippen molar-refractivity contribution in [3.63, 3.8) is 0 Å². The number of carbonyl (C=O) groups excluding carboxylic acids is 1. The van der Waals surface area contributed by atoms with Crippen LogP contribution in [0.3, 0.4) is 0 Å². The number of benzene rings is 2. The molecule has 0 spiro atoms. The molecule has 2 aromatic carbocycles. The van der Waals surface area contributed by atoms with Crippen LogP contribution in [0.5, 0.6) is 5.75 Å². The number of nitrogens with one attached hydrogen (secondary N) is 2. The highest BCUT2D eigenvalue weighted by atomic mass is 16.5. The van der Waals surface area contributed by atoms with Crippen LogP contribution in [-0.4, -0.2) is 32.7 Å². The van der Waals surface area contributed by atoms with Gasteiger partial charge in [0.15, 0.2) is 6.54 Å². The van der Waals surface area contributed by atoms with E-state index in [2.05, 4.69) is 24.4 Å². The maximum absolute atomic E-state index is 12.7. The van der Waals surface area contributed by atoms with Crippen LogP contribution in [0.15, 0.2) is 54.6 Å². The molecule has 1 atom stereocenters. The lowest BCUT2D eigenvalue weighted by Gasteiger charge is -2.28. The zero-order valence-electron chi connectivity index (χ0n) is 15.7. The van der Waals surface area contributed by atoms with Gasteiger partial charge in [-0.25, -0.2) is 0 Å². The van der Waals surface area contributed by atoms with Crippen LogP contribution >= 0.6 is 0 Å². The second-order valence-electron chi connectivity index (χ2n) is 7.29. The molecule has 0 bridgehead atoms. The number of ether oxygens (including phenoxy) is 1. The highest BCUT2D eigenvalue weighted by Gasteiger charge is 2.23. The van der Waals surface area contributed by atoms with Gasteiger partial charge in [0.25, 0.3) is 5.91 Å². The van der Waals surface area contributed by atoms with Crippen molar-refractivity contribution in [3.8, 4) is 5.75 Å². The normalized spacial score (nSPS) is 21.0. The predicted octanol–water partition coefficient (Wildman–Crippen LogP) is 2.22. The molecule has 26 heavy (non-hydrogen) atoms. The van der Waals surface area contributed by atoms with Crippen molar-refractivity contribution in [2.24, 2.45) is 5.92 Å². The first kappa shape index (κ1) is 18.5. The van der Waals surface area contributed by atoms with Crippen molar-refractivity contribution in [2.75, 3.05) is 26.7 Å². The zero-order chi connectivity index (χ0) is 18.4. The lowest BCUT2D eigenvalue weighted by atomic mass is 9.98. The van der Waals surface area contributed by atoms with Crippen LogP contribution in [0.4, 0.5) is 0 Å². The van der Waals surface area contributed by atoms with Crippen molar-refractivity contribution < 1.29 is 14.4 Å². The third kappa shape index (κ3) is 4.85. The molecule has 3 rings (SSSR count). The molecule has 0 aromatic heterocycles. The quantitative estimate of drug-likeness (QED) is 0.836. The van der Waals surface area contributed by atoms with Crippen LogP contribution < -0.4 is 15.0 Å². The Labute approximate surface area is 156 Å². The summed E-state index contributed by atoms with van der Waals surface area (Å²) in [5, 5.41) is 3.24. The van der Waals surface area contributed by atoms with E-state index < -0.39 is 0 Å². The summed E-state index contributed by atoms with van der Waals surface area (Å²) in [7, 11) is 1.66. The maximum atomic E-state index is 12.7. The topological polar surface area (TPSA) is 42.8 Å². The zero-order valence-corrected chi connectivity index (χ0v) is 15.7. The Bertz CT molecular complexity index is 692. The average molecular weight is 353 g/mol. The van der Waals surface area contributed by atoms with E-state index >= 15 is 0 Å². The number of hydrogen-bond acceptors (Lipinski definition) is 2. The minimum Gasteiger partial charge on any atom is -0.497 e. The summed E-state index contributed by atoms with van der Waals surface area (Å²) < 4.78 is 5.25. The fraction of sp³-hybridized carbons (Fsp3) is 0.409. The van der Waals surface area contributed by atoms with Crippen LogP contribution in [0.25, 0.3) is 0 Å². The SMILES string of the molecule is COc1ccc([C@H](NC(=O)C[NH+]2CCC(C)CC2)c2ccccc2)cc1. The monoisotopic (exact) mass is 353 g/mol. The number of rotatable bonds is 6. The summed E-state index contributed by atoms with van der Waals surface area (Å²) in [6.45, 7) is 5.03. The Morgan fingerprint density at radius 1 is 1.08 bits per heavy atom. The summed E-state index contributed by atoms with van der Waals surface area (Å²) >= 11 is 0. The Balaban J connectivity index is 1.72. The number of piperidine rings is 1. The van der Waals surface area contributed by atoms with E-state index in [0.717, 1.165) is 35.9 Å². The number of quaternary nitrogens is 1. The van der Waals surface area contributed by atoms with Crippen LogP contribution in [0.2, 0.25) is 0 Å². The largest absolute Gasteiger partial charge is 0.497 e. The molecule has 1 saturated heterocycles. The van der Waals surface area contributed by atoms with E-state index in [4.69, 9.17) is 4.74 Å². The predicted molar refractivity (Wildman–Crippen MR) is 103 cm³/mol. The highest BCUT2D eigenvalue weighted by Crippen LogP contribution is 2.24. The molecule has 0 unspecified atom stereocenters.